The van der Waals surface area contributed by atoms with Crippen LogP contribution in [0.15, 0.2) is 23.7 Å². The molecule has 1 aromatic heterocycles. The SMILES string of the molecule is O=C(O)c1ccc2c(c1)CCCN2C(=O)Nc1nncs1. The van der Waals surface area contributed by atoms with Crippen molar-refractivity contribution in [2.24, 2.45) is 0 Å². The minimum atomic E-state index is -0.965. The van der Waals surface area contributed by atoms with Gasteiger partial charge in [0.15, 0.2) is 0 Å². The molecule has 0 aliphatic carbocycles. The van der Waals surface area contributed by atoms with Crippen LogP contribution in [0.25, 0.3) is 0 Å². The average Bonchev–Trinajstić information content (AvgIpc) is 2.98. The molecular weight excluding hydrogens is 292 g/mol. The lowest BCUT2D eigenvalue weighted by Crippen LogP contribution is -2.38. The van der Waals surface area contributed by atoms with E-state index in [1.165, 1.54) is 17.4 Å². The molecule has 0 bridgehead atoms. The Balaban J connectivity index is 1.86. The molecular formula is C13H12N4O3S. The quantitative estimate of drug-likeness (QED) is 0.887. The minimum absolute atomic E-state index is 0.236. The zero-order valence-electron chi connectivity index (χ0n) is 10.9. The van der Waals surface area contributed by atoms with Crippen molar-refractivity contribution in [3.8, 4) is 0 Å². The van der Waals surface area contributed by atoms with Crippen LogP contribution in [0.5, 0.6) is 0 Å². The van der Waals surface area contributed by atoms with Gasteiger partial charge in [-0.3, -0.25) is 10.2 Å². The van der Waals surface area contributed by atoms with E-state index < -0.39 is 5.97 Å². The monoisotopic (exact) mass is 304 g/mol. The summed E-state index contributed by atoms with van der Waals surface area (Å²) in [5.41, 5.74) is 3.39. The van der Waals surface area contributed by atoms with E-state index in [-0.39, 0.29) is 11.6 Å². The largest absolute Gasteiger partial charge is 0.478 e. The Hall–Kier alpha value is -2.48. The number of fused-ring (bicyclic) bond motifs is 1. The highest BCUT2D eigenvalue weighted by Gasteiger charge is 2.24. The molecule has 1 aliphatic heterocycles. The van der Waals surface area contributed by atoms with Crippen molar-refractivity contribution in [1.82, 2.24) is 10.2 Å². The molecule has 1 aromatic carbocycles. The molecule has 2 heterocycles. The van der Waals surface area contributed by atoms with Crippen molar-refractivity contribution in [1.29, 1.82) is 0 Å². The van der Waals surface area contributed by atoms with Crippen molar-refractivity contribution < 1.29 is 14.7 Å². The van der Waals surface area contributed by atoms with Crippen molar-refractivity contribution in [3.63, 3.8) is 0 Å². The van der Waals surface area contributed by atoms with Gasteiger partial charge in [0.05, 0.1) is 5.56 Å². The first kappa shape index (κ1) is 13.5. The molecule has 2 aromatic rings. The fourth-order valence-electron chi connectivity index (χ4n) is 2.33. The number of urea groups is 1. The third-order valence-electron chi connectivity index (χ3n) is 3.26. The van der Waals surface area contributed by atoms with Gasteiger partial charge < -0.3 is 5.11 Å². The summed E-state index contributed by atoms with van der Waals surface area (Å²) in [7, 11) is 0. The zero-order valence-corrected chi connectivity index (χ0v) is 11.8. The molecule has 1 aliphatic rings. The molecule has 7 nitrogen and oxygen atoms in total. The maximum Gasteiger partial charge on any atom is 0.335 e. The summed E-state index contributed by atoms with van der Waals surface area (Å²) in [5.74, 6) is -0.965. The normalized spacial score (nSPS) is 13.6. The van der Waals surface area contributed by atoms with Crippen molar-refractivity contribution in [2.75, 3.05) is 16.8 Å². The van der Waals surface area contributed by atoms with Crippen LogP contribution in [0, 0.1) is 0 Å². The van der Waals surface area contributed by atoms with E-state index in [4.69, 9.17) is 5.11 Å². The molecule has 0 atom stereocenters. The van der Waals surface area contributed by atoms with E-state index >= 15 is 0 Å². The van der Waals surface area contributed by atoms with Crippen molar-refractivity contribution in [3.05, 3.63) is 34.8 Å². The van der Waals surface area contributed by atoms with Gasteiger partial charge >= 0.3 is 12.0 Å². The highest BCUT2D eigenvalue weighted by molar-refractivity contribution is 7.13. The number of hydrogen-bond donors (Lipinski definition) is 2. The number of aryl methyl sites for hydroxylation is 1. The maximum absolute atomic E-state index is 12.3. The van der Waals surface area contributed by atoms with Crippen LogP contribution < -0.4 is 10.2 Å². The van der Waals surface area contributed by atoms with E-state index in [0.717, 1.165) is 24.1 Å². The number of benzene rings is 1. The average molecular weight is 304 g/mol. The fraction of sp³-hybridized carbons (Fsp3) is 0.231. The van der Waals surface area contributed by atoms with Crippen LogP contribution in [-0.2, 0) is 6.42 Å². The second kappa shape index (κ2) is 5.49. The molecule has 0 unspecified atom stereocenters. The van der Waals surface area contributed by atoms with E-state index in [1.807, 2.05) is 0 Å². The first-order valence-electron chi connectivity index (χ1n) is 6.36. The van der Waals surface area contributed by atoms with Gasteiger partial charge in [-0.25, -0.2) is 9.59 Å². The Labute approximate surface area is 124 Å². The van der Waals surface area contributed by atoms with E-state index in [1.54, 1.807) is 22.5 Å². The van der Waals surface area contributed by atoms with Gasteiger partial charge in [0, 0.05) is 12.2 Å². The van der Waals surface area contributed by atoms with Gasteiger partial charge in [0.2, 0.25) is 5.13 Å². The first-order chi connectivity index (χ1) is 10.1. The Bertz CT molecular complexity index is 687. The highest BCUT2D eigenvalue weighted by atomic mass is 32.1. The fourth-order valence-corrected chi connectivity index (χ4v) is 2.76. The maximum atomic E-state index is 12.3. The number of carbonyl (C=O) groups excluding carboxylic acids is 1. The van der Waals surface area contributed by atoms with Crippen LogP contribution in [0.4, 0.5) is 15.6 Å². The third-order valence-corrected chi connectivity index (χ3v) is 3.87. The molecule has 2 N–H and O–H groups in total. The standard InChI is InChI=1S/C13H12N4O3S/c18-11(19)9-3-4-10-8(6-9)2-1-5-17(10)13(20)15-12-16-14-7-21-12/h3-4,6-7H,1-2,5H2,(H,18,19)(H,15,16,20). The van der Waals surface area contributed by atoms with Gasteiger partial charge in [-0.2, -0.15) is 0 Å². The predicted molar refractivity (Wildman–Crippen MR) is 78.0 cm³/mol. The van der Waals surface area contributed by atoms with Gasteiger partial charge in [-0.1, -0.05) is 11.3 Å². The molecule has 0 spiro atoms. The number of amides is 2. The van der Waals surface area contributed by atoms with Crippen LogP contribution in [0.3, 0.4) is 0 Å². The van der Waals surface area contributed by atoms with E-state index in [9.17, 15) is 9.59 Å². The summed E-state index contributed by atoms with van der Waals surface area (Å²) in [6.45, 7) is 0.587. The number of carboxylic acids is 1. The molecule has 3 rings (SSSR count). The van der Waals surface area contributed by atoms with Crippen molar-refractivity contribution in [2.45, 2.75) is 12.8 Å². The van der Waals surface area contributed by atoms with Gasteiger partial charge in [0.25, 0.3) is 0 Å². The lowest BCUT2D eigenvalue weighted by molar-refractivity contribution is 0.0696. The first-order valence-corrected chi connectivity index (χ1v) is 7.24. The van der Waals surface area contributed by atoms with Gasteiger partial charge in [-0.05, 0) is 36.6 Å². The Kier molecular flexibility index (Phi) is 3.53. The van der Waals surface area contributed by atoms with Gasteiger partial charge in [0.1, 0.15) is 5.51 Å². The number of carbonyl (C=O) groups is 2. The molecule has 8 heteroatoms. The number of aromatic nitrogens is 2. The molecule has 108 valence electrons. The number of nitrogens with zero attached hydrogens (tertiary/aromatic N) is 3. The Morgan fingerprint density at radius 2 is 2.24 bits per heavy atom. The Morgan fingerprint density at radius 3 is 2.95 bits per heavy atom. The van der Waals surface area contributed by atoms with Crippen LogP contribution in [0.1, 0.15) is 22.3 Å². The zero-order chi connectivity index (χ0) is 14.8. The van der Waals surface area contributed by atoms with Gasteiger partial charge in [-0.15, -0.1) is 10.2 Å². The minimum Gasteiger partial charge on any atom is -0.478 e. The van der Waals surface area contributed by atoms with Crippen molar-refractivity contribution >= 4 is 34.2 Å². The van der Waals surface area contributed by atoms with Crippen LogP contribution in [-0.4, -0.2) is 33.8 Å². The topological polar surface area (TPSA) is 95.4 Å². The molecule has 2 amide bonds. The smallest absolute Gasteiger partial charge is 0.335 e. The number of aromatic carboxylic acids is 1. The molecule has 0 fully saturated rings. The predicted octanol–water partition coefficient (Wildman–Crippen LogP) is 2.22. The molecule has 0 saturated carbocycles. The van der Waals surface area contributed by atoms with Crippen LogP contribution in [0.2, 0.25) is 0 Å². The molecule has 0 radical (unpaired) electrons. The lowest BCUT2D eigenvalue weighted by Gasteiger charge is -2.29. The van der Waals surface area contributed by atoms with E-state index in [2.05, 4.69) is 15.5 Å². The summed E-state index contributed by atoms with van der Waals surface area (Å²) in [4.78, 5) is 24.9. The van der Waals surface area contributed by atoms with E-state index in [0.29, 0.717) is 11.7 Å². The summed E-state index contributed by atoms with van der Waals surface area (Å²) in [5, 5.41) is 19.6. The van der Waals surface area contributed by atoms with Crippen LogP contribution >= 0.6 is 11.3 Å². The second-order valence-electron chi connectivity index (χ2n) is 4.58. The number of rotatable bonds is 2. The number of carboxylic acid groups (broad SMARTS) is 1. The summed E-state index contributed by atoms with van der Waals surface area (Å²) >= 11 is 1.24. The number of hydrogen-bond acceptors (Lipinski definition) is 5. The second-order valence-corrected chi connectivity index (χ2v) is 5.41. The third kappa shape index (κ3) is 2.70. The summed E-state index contributed by atoms with van der Waals surface area (Å²) in [6, 6.07) is 4.54. The highest BCUT2D eigenvalue weighted by Crippen LogP contribution is 2.28. The lowest BCUT2D eigenvalue weighted by atomic mass is 9.99. The summed E-state index contributed by atoms with van der Waals surface area (Å²) < 4.78 is 0. The molecule has 0 saturated heterocycles. The molecule has 21 heavy (non-hydrogen) atoms. The summed E-state index contributed by atoms with van der Waals surface area (Å²) in [6.07, 6.45) is 1.55. The number of anilines is 2. The Morgan fingerprint density at radius 1 is 1.38 bits per heavy atom. The number of nitrogens with one attached hydrogen (secondary N) is 1.